The van der Waals surface area contributed by atoms with Crippen LogP contribution in [0.4, 0.5) is 0 Å². The second kappa shape index (κ2) is 13.6. The Morgan fingerprint density at radius 2 is 1.88 bits per heavy atom. The number of hydrogen-bond acceptors (Lipinski definition) is 3. The predicted octanol–water partition coefficient (Wildman–Crippen LogP) is 2.29. The van der Waals surface area contributed by atoms with Gasteiger partial charge in [0.1, 0.15) is 0 Å². The van der Waals surface area contributed by atoms with Crippen molar-refractivity contribution in [3.8, 4) is 0 Å². The standard InChI is InChI=1S/C19H37N5O.HI/c1-3-20-19(22-11-15-23-12-5-4-6-13-23)21-10-9-18(25)24-14-7-8-17(2)16-24;/h17H,3-16H2,1-2H3,(H2,20,21,22);1H. The second-order valence-electron chi connectivity index (χ2n) is 7.43. The van der Waals surface area contributed by atoms with Crippen molar-refractivity contribution in [1.82, 2.24) is 20.4 Å². The van der Waals surface area contributed by atoms with Crippen LogP contribution in [-0.2, 0) is 4.79 Å². The van der Waals surface area contributed by atoms with Gasteiger partial charge in [0.15, 0.2) is 5.96 Å². The Balaban J connectivity index is 0.00000338. The summed E-state index contributed by atoms with van der Waals surface area (Å²) in [7, 11) is 0. The number of guanidine groups is 1. The first-order valence-corrected chi connectivity index (χ1v) is 10.2. The molecule has 0 aromatic carbocycles. The zero-order valence-electron chi connectivity index (χ0n) is 16.6. The van der Waals surface area contributed by atoms with Crippen LogP contribution in [0.2, 0.25) is 0 Å². The van der Waals surface area contributed by atoms with Crippen LogP contribution in [0.15, 0.2) is 4.99 Å². The van der Waals surface area contributed by atoms with Gasteiger partial charge in [-0.2, -0.15) is 0 Å². The van der Waals surface area contributed by atoms with Crippen LogP contribution >= 0.6 is 24.0 Å². The van der Waals surface area contributed by atoms with E-state index in [1.807, 2.05) is 4.90 Å². The first-order chi connectivity index (χ1) is 12.2. The molecule has 26 heavy (non-hydrogen) atoms. The molecule has 0 radical (unpaired) electrons. The van der Waals surface area contributed by atoms with Crippen LogP contribution in [0.3, 0.4) is 0 Å². The molecule has 2 fully saturated rings. The van der Waals surface area contributed by atoms with Gasteiger partial charge in [0.05, 0.1) is 6.54 Å². The molecule has 2 heterocycles. The fourth-order valence-corrected chi connectivity index (χ4v) is 3.69. The molecule has 6 nitrogen and oxygen atoms in total. The van der Waals surface area contributed by atoms with Gasteiger partial charge in [-0.05, 0) is 51.6 Å². The third-order valence-electron chi connectivity index (χ3n) is 5.12. The van der Waals surface area contributed by atoms with Gasteiger partial charge in [-0.3, -0.25) is 9.79 Å². The molecule has 1 atom stereocenters. The van der Waals surface area contributed by atoms with E-state index >= 15 is 0 Å². The molecule has 7 heteroatoms. The van der Waals surface area contributed by atoms with E-state index in [1.54, 1.807) is 0 Å². The smallest absolute Gasteiger partial charge is 0.224 e. The van der Waals surface area contributed by atoms with Crippen molar-refractivity contribution in [2.45, 2.75) is 52.4 Å². The van der Waals surface area contributed by atoms with Crippen molar-refractivity contribution >= 4 is 35.8 Å². The van der Waals surface area contributed by atoms with Crippen molar-refractivity contribution in [2.75, 3.05) is 52.4 Å². The molecule has 2 rings (SSSR count). The molecule has 0 aromatic heterocycles. The molecule has 0 saturated carbocycles. The van der Waals surface area contributed by atoms with Crippen molar-refractivity contribution in [3.63, 3.8) is 0 Å². The van der Waals surface area contributed by atoms with Crippen molar-refractivity contribution < 1.29 is 4.79 Å². The highest BCUT2D eigenvalue weighted by atomic mass is 127. The van der Waals surface area contributed by atoms with Gasteiger partial charge >= 0.3 is 0 Å². The van der Waals surface area contributed by atoms with E-state index in [1.165, 1.54) is 38.8 Å². The number of nitrogens with zero attached hydrogens (tertiary/aromatic N) is 3. The zero-order valence-corrected chi connectivity index (χ0v) is 19.0. The molecule has 2 aliphatic rings. The average molecular weight is 479 g/mol. The lowest BCUT2D eigenvalue weighted by Crippen LogP contribution is -2.42. The Kier molecular flexibility index (Phi) is 12.3. The second-order valence-corrected chi connectivity index (χ2v) is 7.43. The monoisotopic (exact) mass is 479 g/mol. The number of carbonyl (C=O) groups is 1. The Morgan fingerprint density at radius 3 is 2.58 bits per heavy atom. The number of amides is 1. The summed E-state index contributed by atoms with van der Waals surface area (Å²) in [6.45, 7) is 11.9. The van der Waals surface area contributed by atoms with Gasteiger partial charge in [0.25, 0.3) is 0 Å². The van der Waals surface area contributed by atoms with E-state index in [2.05, 4.69) is 34.4 Å². The van der Waals surface area contributed by atoms with Gasteiger partial charge in [-0.1, -0.05) is 13.3 Å². The van der Waals surface area contributed by atoms with E-state index in [-0.39, 0.29) is 29.9 Å². The lowest BCUT2D eigenvalue weighted by atomic mass is 10.00. The van der Waals surface area contributed by atoms with Crippen LogP contribution in [0, 0.1) is 5.92 Å². The number of aliphatic imine (C=N–C) groups is 1. The summed E-state index contributed by atoms with van der Waals surface area (Å²) in [6, 6.07) is 0. The summed E-state index contributed by atoms with van der Waals surface area (Å²) in [5.74, 6) is 1.74. The SMILES string of the molecule is CCNC(=NCCN1CCCCC1)NCCC(=O)N1CCCC(C)C1.I. The van der Waals surface area contributed by atoms with Gasteiger partial charge in [0, 0.05) is 39.1 Å². The van der Waals surface area contributed by atoms with Crippen LogP contribution in [0.1, 0.15) is 52.4 Å². The molecule has 0 spiro atoms. The quantitative estimate of drug-likeness (QED) is 0.334. The van der Waals surface area contributed by atoms with Crippen LogP contribution in [0.5, 0.6) is 0 Å². The number of rotatable bonds is 7. The highest BCUT2D eigenvalue weighted by molar-refractivity contribution is 14.0. The third kappa shape index (κ3) is 8.88. The van der Waals surface area contributed by atoms with Crippen LogP contribution in [-0.4, -0.2) is 74.0 Å². The van der Waals surface area contributed by atoms with Gasteiger partial charge in [0.2, 0.25) is 5.91 Å². The zero-order chi connectivity index (χ0) is 17.9. The maximum Gasteiger partial charge on any atom is 0.224 e. The highest BCUT2D eigenvalue weighted by Gasteiger charge is 2.20. The maximum atomic E-state index is 12.3. The molecule has 0 bridgehead atoms. The Bertz CT molecular complexity index is 426. The minimum absolute atomic E-state index is 0. The molecule has 1 unspecified atom stereocenters. The van der Waals surface area contributed by atoms with Crippen molar-refractivity contribution in [1.29, 1.82) is 0 Å². The van der Waals surface area contributed by atoms with E-state index in [0.29, 0.717) is 18.9 Å². The largest absolute Gasteiger partial charge is 0.357 e. The first kappa shape index (κ1) is 23.5. The molecule has 0 aliphatic carbocycles. The molecule has 152 valence electrons. The van der Waals surface area contributed by atoms with E-state index < -0.39 is 0 Å². The van der Waals surface area contributed by atoms with E-state index in [4.69, 9.17) is 0 Å². The van der Waals surface area contributed by atoms with Crippen LogP contribution in [0.25, 0.3) is 0 Å². The Morgan fingerprint density at radius 1 is 1.12 bits per heavy atom. The predicted molar refractivity (Wildman–Crippen MR) is 119 cm³/mol. The lowest BCUT2D eigenvalue weighted by molar-refractivity contribution is -0.132. The van der Waals surface area contributed by atoms with Crippen molar-refractivity contribution in [2.24, 2.45) is 10.9 Å². The summed E-state index contributed by atoms with van der Waals surface area (Å²) in [5.41, 5.74) is 0. The summed E-state index contributed by atoms with van der Waals surface area (Å²) >= 11 is 0. The minimum Gasteiger partial charge on any atom is -0.357 e. The Labute approximate surface area is 176 Å². The van der Waals surface area contributed by atoms with Gasteiger partial charge in [-0.25, -0.2) is 0 Å². The number of halogens is 1. The number of carbonyl (C=O) groups excluding carboxylic acids is 1. The molecule has 2 aliphatic heterocycles. The van der Waals surface area contributed by atoms with Crippen molar-refractivity contribution in [3.05, 3.63) is 0 Å². The highest BCUT2D eigenvalue weighted by Crippen LogP contribution is 2.15. The number of hydrogen-bond donors (Lipinski definition) is 2. The van der Waals surface area contributed by atoms with Gasteiger partial charge < -0.3 is 20.4 Å². The maximum absolute atomic E-state index is 12.3. The van der Waals surface area contributed by atoms with E-state index in [9.17, 15) is 4.79 Å². The summed E-state index contributed by atoms with van der Waals surface area (Å²) in [5, 5.41) is 6.59. The molecular weight excluding hydrogens is 441 g/mol. The molecule has 2 saturated heterocycles. The summed E-state index contributed by atoms with van der Waals surface area (Å²) in [6.07, 6.45) is 6.94. The number of nitrogens with one attached hydrogen (secondary N) is 2. The Hall–Kier alpha value is -0.570. The van der Waals surface area contributed by atoms with E-state index in [0.717, 1.165) is 45.1 Å². The topological polar surface area (TPSA) is 60.0 Å². The third-order valence-corrected chi connectivity index (χ3v) is 5.12. The average Bonchev–Trinajstić information content (AvgIpc) is 2.62. The first-order valence-electron chi connectivity index (χ1n) is 10.2. The normalized spacial score (nSPS) is 21.8. The summed E-state index contributed by atoms with van der Waals surface area (Å²) < 4.78 is 0. The fraction of sp³-hybridized carbons (Fsp3) is 0.895. The number of likely N-dealkylation sites (tertiary alicyclic amines) is 2. The summed E-state index contributed by atoms with van der Waals surface area (Å²) in [4.78, 5) is 21.5. The van der Waals surface area contributed by atoms with Gasteiger partial charge in [-0.15, -0.1) is 24.0 Å². The number of piperidine rings is 2. The molecule has 0 aromatic rings. The molecule has 2 N–H and O–H groups in total. The molecular formula is C19H38IN5O. The molecule has 1 amide bonds. The lowest BCUT2D eigenvalue weighted by Gasteiger charge is -2.31. The fourth-order valence-electron chi connectivity index (χ4n) is 3.69. The van der Waals surface area contributed by atoms with Crippen LogP contribution < -0.4 is 10.6 Å². The minimum atomic E-state index is 0.